The third kappa shape index (κ3) is 1.29. The molecule has 0 spiro atoms. The topological polar surface area (TPSA) is 19.0 Å². The van der Waals surface area contributed by atoms with Crippen LogP contribution in [0.15, 0.2) is 24.4 Å². The molecule has 0 radical (unpaired) electrons. The van der Waals surface area contributed by atoms with Crippen molar-refractivity contribution in [1.29, 1.82) is 0 Å². The Hall–Kier alpha value is -1.28. The van der Waals surface area contributed by atoms with E-state index >= 15 is 0 Å². The second-order valence-electron chi connectivity index (χ2n) is 4.68. The SMILES string of the molecule is CN(C)[C@@H]1Cc2cccc3[nH]cc(c23)C1. The molecule has 1 aliphatic rings. The number of rotatable bonds is 1. The first-order valence-electron chi connectivity index (χ1n) is 5.50. The normalized spacial score (nSPS) is 20.1. The van der Waals surface area contributed by atoms with Crippen LogP contribution in [0.5, 0.6) is 0 Å². The summed E-state index contributed by atoms with van der Waals surface area (Å²) in [6, 6.07) is 7.22. The first-order valence-corrected chi connectivity index (χ1v) is 5.50. The zero-order valence-corrected chi connectivity index (χ0v) is 9.25. The lowest BCUT2D eigenvalue weighted by atomic mass is 9.89. The summed E-state index contributed by atoms with van der Waals surface area (Å²) in [5, 5.41) is 1.47. The molecule has 0 fully saturated rings. The van der Waals surface area contributed by atoms with Crippen molar-refractivity contribution in [3.8, 4) is 0 Å². The van der Waals surface area contributed by atoms with Crippen LogP contribution < -0.4 is 0 Å². The minimum atomic E-state index is 0.652. The van der Waals surface area contributed by atoms with E-state index in [1.165, 1.54) is 34.9 Å². The van der Waals surface area contributed by atoms with Crippen molar-refractivity contribution in [3.63, 3.8) is 0 Å². The summed E-state index contributed by atoms with van der Waals surface area (Å²) >= 11 is 0. The molecule has 0 saturated carbocycles. The standard InChI is InChI=1S/C13H16N2/c1-15(2)11-6-9-4-3-5-12-13(9)10(7-11)8-14-12/h3-5,8,11,14H,6-7H2,1-2H3/t11-/m1/s1. The quantitative estimate of drug-likeness (QED) is 0.747. The molecule has 0 saturated heterocycles. The summed E-state index contributed by atoms with van der Waals surface area (Å²) in [7, 11) is 4.34. The highest BCUT2D eigenvalue weighted by atomic mass is 15.1. The highest BCUT2D eigenvalue weighted by molar-refractivity contribution is 5.87. The van der Waals surface area contributed by atoms with E-state index in [1.807, 2.05) is 0 Å². The Kier molecular flexibility index (Phi) is 1.86. The van der Waals surface area contributed by atoms with Gasteiger partial charge in [0.15, 0.2) is 0 Å². The van der Waals surface area contributed by atoms with Gasteiger partial charge in [-0.25, -0.2) is 0 Å². The first-order chi connectivity index (χ1) is 7.25. The Morgan fingerprint density at radius 1 is 1.20 bits per heavy atom. The van der Waals surface area contributed by atoms with Gasteiger partial charge < -0.3 is 9.88 Å². The van der Waals surface area contributed by atoms with Crippen molar-refractivity contribution in [2.24, 2.45) is 0 Å². The largest absolute Gasteiger partial charge is 0.361 e. The summed E-state index contributed by atoms with van der Waals surface area (Å²) in [5.74, 6) is 0. The van der Waals surface area contributed by atoms with Crippen molar-refractivity contribution in [3.05, 3.63) is 35.5 Å². The molecular weight excluding hydrogens is 184 g/mol. The molecule has 0 bridgehead atoms. The minimum Gasteiger partial charge on any atom is -0.361 e. The molecule has 2 heteroatoms. The monoisotopic (exact) mass is 200 g/mol. The zero-order valence-electron chi connectivity index (χ0n) is 9.25. The summed E-state index contributed by atoms with van der Waals surface area (Å²) in [6.45, 7) is 0. The highest BCUT2D eigenvalue weighted by Gasteiger charge is 2.22. The van der Waals surface area contributed by atoms with Crippen LogP contribution in [0.3, 0.4) is 0 Å². The van der Waals surface area contributed by atoms with Gasteiger partial charge in [0.05, 0.1) is 0 Å². The molecule has 2 nitrogen and oxygen atoms in total. The van der Waals surface area contributed by atoms with Gasteiger partial charge in [-0.3, -0.25) is 0 Å². The summed E-state index contributed by atoms with van der Waals surface area (Å²) < 4.78 is 0. The lowest BCUT2D eigenvalue weighted by Crippen LogP contribution is -2.33. The Morgan fingerprint density at radius 3 is 2.80 bits per heavy atom. The average molecular weight is 200 g/mol. The first kappa shape index (κ1) is 8.98. The van der Waals surface area contributed by atoms with E-state index in [0.29, 0.717) is 6.04 Å². The van der Waals surface area contributed by atoms with E-state index in [-0.39, 0.29) is 0 Å². The lowest BCUT2D eigenvalue weighted by molar-refractivity contribution is 0.287. The number of hydrogen-bond donors (Lipinski definition) is 1. The molecule has 1 aromatic carbocycles. The molecule has 0 amide bonds. The fraction of sp³-hybridized carbons (Fsp3) is 0.385. The third-order valence-electron chi connectivity index (χ3n) is 3.52. The lowest BCUT2D eigenvalue weighted by Gasteiger charge is -2.28. The van der Waals surface area contributed by atoms with Gasteiger partial charge in [-0.1, -0.05) is 12.1 Å². The van der Waals surface area contributed by atoms with E-state index in [0.717, 1.165) is 0 Å². The van der Waals surface area contributed by atoms with Crippen LogP contribution in [0, 0.1) is 0 Å². The number of aromatic nitrogens is 1. The average Bonchev–Trinajstić information content (AvgIpc) is 2.64. The van der Waals surface area contributed by atoms with E-state index in [1.54, 1.807) is 0 Å². The number of aromatic amines is 1. The van der Waals surface area contributed by atoms with E-state index in [4.69, 9.17) is 0 Å². The molecular formula is C13H16N2. The van der Waals surface area contributed by atoms with Crippen molar-refractivity contribution in [1.82, 2.24) is 9.88 Å². The maximum atomic E-state index is 3.36. The van der Waals surface area contributed by atoms with Crippen LogP contribution in [0.2, 0.25) is 0 Å². The number of H-pyrrole nitrogens is 1. The second-order valence-corrected chi connectivity index (χ2v) is 4.68. The highest BCUT2D eigenvalue weighted by Crippen LogP contribution is 2.30. The molecule has 78 valence electrons. The number of benzene rings is 1. The minimum absolute atomic E-state index is 0.652. The predicted octanol–water partition coefficient (Wildman–Crippen LogP) is 2.20. The van der Waals surface area contributed by atoms with Crippen LogP contribution in [0.4, 0.5) is 0 Å². The summed E-state index contributed by atoms with van der Waals surface area (Å²) in [4.78, 5) is 5.69. The van der Waals surface area contributed by atoms with Gasteiger partial charge in [-0.15, -0.1) is 0 Å². The molecule has 1 aliphatic carbocycles. The fourth-order valence-electron chi connectivity index (χ4n) is 2.61. The Morgan fingerprint density at radius 2 is 2.00 bits per heavy atom. The Balaban J connectivity index is 2.16. The van der Waals surface area contributed by atoms with Crippen molar-refractivity contribution < 1.29 is 0 Å². The maximum absolute atomic E-state index is 3.36. The van der Waals surface area contributed by atoms with Gasteiger partial charge in [0.2, 0.25) is 0 Å². The second kappa shape index (κ2) is 3.11. The van der Waals surface area contributed by atoms with Crippen LogP contribution >= 0.6 is 0 Å². The number of nitrogens with one attached hydrogen (secondary N) is 1. The van der Waals surface area contributed by atoms with Gasteiger partial charge in [0.1, 0.15) is 0 Å². The van der Waals surface area contributed by atoms with Gasteiger partial charge in [-0.05, 0) is 44.1 Å². The third-order valence-corrected chi connectivity index (χ3v) is 3.52. The smallest absolute Gasteiger partial charge is 0.0459 e. The molecule has 15 heavy (non-hydrogen) atoms. The Labute approximate surface area is 89.9 Å². The van der Waals surface area contributed by atoms with Crippen molar-refractivity contribution in [2.75, 3.05) is 14.1 Å². The molecule has 2 aromatic rings. The van der Waals surface area contributed by atoms with E-state index in [2.05, 4.69) is 48.4 Å². The summed E-state index contributed by atoms with van der Waals surface area (Å²) in [5.41, 5.74) is 4.26. The number of hydrogen-bond acceptors (Lipinski definition) is 1. The number of likely N-dealkylation sites (N-methyl/N-ethyl adjacent to an activating group) is 1. The van der Waals surface area contributed by atoms with Gasteiger partial charge in [0.25, 0.3) is 0 Å². The van der Waals surface area contributed by atoms with Crippen LogP contribution in [-0.4, -0.2) is 30.0 Å². The van der Waals surface area contributed by atoms with Crippen molar-refractivity contribution in [2.45, 2.75) is 18.9 Å². The van der Waals surface area contributed by atoms with E-state index in [9.17, 15) is 0 Å². The fourth-order valence-corrected chi connectivity index (χ4v) is 2.61. The number of nitrogens with zero attached hydrogens (tertiary/aromatic N) is 1. The molecule has 1 aromatic heterocycles. The van der Waals surface area contributed by atoms with Crippen LogP contribution in [0.1, 0.15) is 11.1 Å². The van der Waals surface area contributed by atoms with E-state index < -0.39 is 0 Å². The van der Waals surface area contributed by atoms with Crippen molar-refractivity contribution >= 4 is 10.9 Å². The van der Waals surface area contributed by atoms with Gasteiger partial charge in [-0.2, -0.15) is 0 Å². The molecule has 0 aliphatic heterocycles. The Bertz CT molecular complexity index is 496. The molecule has 0 unspecified atom stereocenters. The summed E-state index contributed by atoms with van der Waals surface area (Å²) in [6.07, 6.45) is 4.52. The molecule has 1 heterocycles. The van der Waals surface area contributed by atoms with Gasteiger partial charge >= 0.3 is 0 Å². The van der Waals surface area contributed by atoms with Crippen LogP contribution in [-0.2, 0) is 12.8 Å². The molecule has 1 atom stereocenters. The van der Waals surface area contributed by atoms with Crippen LogP contribution in [0.25, 0.3) is 10.9 Å². The maximum Gasteiger partial charge on any atom is 0.0459 e. The predicted molar refractivity (Wildman–Crippen MR) is 63.2 cm³/mol. The zero-order chi connectivity index (χ0) is 10.4. The molecule has 1 N–H and O–H groups in total. The molecule has 3 rings (SSSR count). The van der Waals surface area contributed by atoms with Gasteiger partial charge in [0, 0.05) is 23.1 Å².